The quantitative estimate of drug-likeness (QED) is 0.627. The number of aryl methyl sites for hydroxylation is 1. The van der Waals surface area contributed by atoms with Crippen molar-refractivity contribution in [2.45, 2.75) is 25.9 Å². The van der Waals surface area contributed by atoms with Crippen LogP contribution < -0.4 is 5.73 Å². The Kier molecular flexibility index (Phi) is 3.68. The van der Waals surface area contributed by atoms with Crippen molar-refractivity contribution in [3.63, 3.8) is 0 Å². The standard InChI is InChI=1S/C10H10ClF4N/c1-2-3-5-4-6(16)9(12)8(11)7(5)10(13,14)15/h4H,2-3,16H2,1H3. The fraction of sp³-hybridized carbons (Fsp3) is 0.400. The van der Waals surface area contributed by atoms with Gasteiger partial charge in [-0.15, -0.1) is 0 Å². The van der Waals surface area contributed by atoms with E-state index in [2.05, 4.69) is 0 Å². The molecular formula is C10H10ClF4N. The van der Waals surface area contributed by atoms with E-state index >= 15 is 0 Å². The number of nitrogen functional groups attached to an aromatic ring is 1. The Morgan fingerprint density at radius 1 is 1.38 bits per heavy atom. The molecule has 0 aromatic heterocycles. The maximum Gasteiger partial charge on any atom is 0.418 e. The van der Waals surface area contributed by atoms with E-state index in [9.17, 15) is 17.6 Å². The van der Waals surface area contributed by atoms with Crippen molar-refractivity contribution in [1.82, 2.24) is 0 Å². The first kappa shape index (κ1) is 13.1. The Labute approximate surface area is 95.2 Å². The molecular weight excluding hydrogens is 246 g/mol. The molecule has 0 saturated heterocycles. The summed E-state index contributed by atoms with van der Waals surface area (Å²) in [5, 5.41) is -0.948. The molecule has 0 heterocycles. The largest absolute Gasteiger partial charge is 0.418 e. The SMILES string of the molecule is CCCc1cc(N)c(F)c(Cl)c1C(F)(F)F. The van der Waals surface area contributed by atoms with Gasteiger partial charge in [-0.2, -0.15) is 13.2 Å². The van der Waals surface area contributed by atoms with E-state index in [0.717, 1.165) is 6.07 Å². The summed E-state index contributed by atoms with van der Waals surface area (Å²) in [7, 11) is 0. The minimum atomic E-state index is -4.67. The summed E-state index contributed by atoms with van der Waals surface area (Å²) >= 11 is 5.35. The molecule has 0 aliphatic heterocycles. The molecule has 0 bridgehead atoms. The number of halogens is 5. The van der Waals surface area contributed by atoms with Crippen LogP contribution in [0.5, 0.6) is 0 Å². The van der Waals surface area contributed by atoms with Crippen LogP contribution in [-0.2, 0) is 12.6 Å². The average Bonchev–Trinajstić information content (AvgIpc) is 2.12. The predicted molar refractivity (Wildman–Crippen MR) is 54.8 cm³/mol. The predicted octanol–water partition coefficient (Wildman–Crippen LogP) is 4.03. The van der Waals surface area contributed by atoms with Crippen molar-refractivity contribution in [3.8, 4) is 0 Å². The molecule has 1 rings (SSSR count). The van der Waals surface area contributed by atoms with Crippen LogP contribution in [0, 0.1) is 5.82 Å². The highest BCUT2D eigenvalue weighted by Gasteiger charge is 2.37. The van der Waals surface area contributed by atoms with E-state index in [4.69, 9.17) is 17.3 Å². The van der Waals surface area contributed by atoms with E-state index in [1.807, 2.05) is 0 Å². The summed E-state index contributed by atoms with van der Waals surface area (Å²) in [5.74, 6) is -1.21. The lowest BCUT2D eigenvalue weighted by Crippen LogP contribution is -2.12. The van der Waals surface area contributed by atoms with Gasteiger partial charge >= 0.3 is 6.18 Å². The number of benzene rings is 1. The zero-order valence-electron chi connectivity index (χ0n) is 8.46. The molecule has 1 nitrogen and oxygen atoms in total. The Bertz CT molecular complexity index is 401. The van der Waals surface area contributed by atoms with Crippen LogP contribution in [0.2, 0.25) is 5.02 Å². The molecule has 0 fully saturated rings. The number of hydrogen-bond donors (Lipinski definition) is 1. The lowest BCUT2D eigenvalue weighted by Gasteiger charge is -2.15. The Balaban J connectivity index is 3.48. The highest BCUT2D eigenvalue weighted by Crippen LogP contribution is 2.40. The fourth-order valence-corrected chi connectivity index (χ4v) is 1.81. The third kappa shape index (κ3) is 2.40. The zero-order chi connectivity index (χ0) is 12.5. The maximum absolute atomic E-state index is 13.2. The second-order valence-electron chi connectivity index (χ2n) is 3.38. The van der Waals surface area contributed by atoms with Gasteiger partial charge in [-0.05, 0) is 18.1 Å². The molecule has 0 radical (unpaired) electrons. The summed E-state index contributed by atoms with van der Waals surface area (Å²) in [6.07, 6.45) is -4.03. The van der Waals surface area contributed by atoms with Gasteiger partial charge in [0.2, 0.25) is 0 Å². The molecule has 0 aliphatic carbocycles. The molecule has 0 atom stereocenters. The monoisotopic (exact) mass is 255 g/mol. The number of hydrogen-bond acceptors (Lipinski definition) is 1. The molecule has 0 aliphatic rings. The highest BCUT2D eigenvalue weighted by atomic mass is 35.5. The normalized spacial score (nSPS) is 11.9. The van der Waals surface area contributed by atoms with E-state index in [1.165, 1.54) is 0 Å². The molecule has 0 unspecified atom stereocenters. The molecule has 1 aromatic carbocycles. The Hall–Kier alpha value is -0.970. The van der Waals surface area contributed by atoms with Crippen molar-refractivity contribution in [2.24, 2.45) is 0 Å². The number of anilines is 1. The molecule has 1 aromatic rings. The van der Waals surface area contributed by atoms with Crippen LogP contribution in [-0.4, -0.2) is 0 Å². The second kappa shape index (κ2) is 4.49. The fourth-order valence-electron chi connectivity index (χ4n) is 1.47. The first-order chi connectivity index (χ1) is 7.29. The van der Waals surface area contributed by atoms with Gasteiger partial charge in [0.15, 0.2) is 5.82 Å². The van der Waals surface area contributed by atoms with Crippen molar-refractivity contribution < 1.29 is 17.6 Å². The summed E-state index contributed by atoms with van der Waals surface area (Å²) in [6.45, 7) is 1.72. The average molecular weight is 256 g/mol. The van der Waals surface area contributed by atoms with Crippen molar-refractivity contribution in [3.05, 3.63) is 28.0 Å². The van der Waals surface area contributed by atoms with Gasteiger partial charge in [0.1, 0.15) is 0 Å². The summed E-state index contributed by atoms with van der Waals surface area (Å²) in [5.41, 5.74) is 3.68. The van der Waals surface area contributed by atoms with Gasteiger partial charge in [0.25, 0.3) is 0 Å². The van der Waals surface area contributed by atoms with Gasteiger partial charge in [0.05, 0.1) is 16.3 Å². The zero-order valence-corrected chi connectivity index (χ0v) is 9.21. The highest BCUT2D eigenvalue weighted by molar-refractivity contribution is 6.32. The molecule has 6 heteroatoms. The Morgan fingerprint density at radius 3 is 2.38 bits per heavy atom. The first-order valence-corrected chi connectivity index (χ1v) is 5.00. The number of alkyl halides is 3. The van der Waals surface area contributed by atoms with Gasteiger partial charge < -0.3 is 5.73 Å². The summed E-state index contributed by atoms with van der Waals surface area (Å²) < 4.78 is 51.1. The van der Waals surface area contributed by atoms with Gasteiger partial charge in [-0.3, -0.25) is 0 Å². The molecule has 2 N–H and O–H groups in total. The van der Waals surface area contributed by atoms with Gasteiger partial charge in [0, 0.05) is 0 Å². The lowest BCUT2D eigenvalue weighted by atomic mass is 10.0. The van der Waals surface area contributed by atoms with Crippen LogP contribution >= 0.6 is 11.6 Å². The topological polar surface area (TPSA) is 26.0 Å². The third-order valence-electron chi connectivity index (χ3n) is 2.12. The molecule has 0 amide bonds. The van der Waals surface area contributed by atoms with Crippen LogP contribution in [0.3, 0.4) is 0 Å². The summed E-state index contributed by atoms with van der Waals surface area (Å²) in [6, 6.07) is 0.994. The third-order valence-corrected chi connectivity index (χ3v) is 2.47. The van der Waals surface area contributed by atoms with Gasteiger partial charge in [-0.1, -0.05) is 24.9 Å². The van der Waals surface area contributed by atoms with Gasteiger partial charge in [-0.25, -0.2) is 4.39 Å². The smallest absolute Gasteiger partial charge is 0.396 e. The molecule has 16 heavy (non-hydrogen) atoms. The van der Waals surface area contributed by atoms with Crippen LogP contribution in [0.1, 0.15) is 24.5 Å². The molecule has 90 valence electrons. The maximum atomic E-state index is 13.2. The minimum Gasteiger partial charge on any atom is -0.396 e. The number of nitrogens with two attached hydrogens (primary N) is 1. The van der Waals surface area contributed by atoms with E-state index < -0.39 is 22.6 Å². The minimum absolute atomic E-state index is 0.0705. The van der Waals surface area contributed by atoms with Crippen molar-refractivity contribution in [1.29, 1.82) is 0 Å². The van der Waals surface area contributed by atoms with Crippen molar-refractivity contribution in [2.75, 3.05) is 5.73 Å². The van der Waals surface area contributed by atoms with Crippen molar-refractivity contribution >= 4 is 17.3 Å². The number of rotatable bonds is 2. The van der Waals surface area contributed by atoms with Crippen LogP contribution in [0.4, 0.5) is 23.2 Å². The lowest BCUT2D eigenvalue weighted by molar-refractivity contribution is -0.138. The van der Waals surface area contributed by atoms with E-state index in [1.54, 1.807) is 6.92 Å². The molecule has 0 saturated carbocycles. The van der Waals surface area contributed by atoms with E-state index in [0.29, 0.717) is 6.42 Å². The first-order valence-electron chi connectivity index (χ1n) is 4.62. The Morgan fingerprint density at radius 2 is 1.94 bits per heavy atom. The molecule has 0 spiro atoms. The van der Waals surface area contributed by atoms with Crippen LogP contribution in [0.15, 0.2) is 6.07 Å². The summed E-state index contributed by atoms with van der Waals surface area (Å²) in [4.78, 5) is 0. The second-order valence-corrected chi connectivity index (χ2v) is 3.75. The van der Waals surface area contributed by atoms with E-state index in [-0.39, 0.29) is 17.7 Å². The van der Waals surface area contributed by atoms with Crippen LogP contribution in [0.25, 0.3) is 0 Å².